The predicted molar refractivity (Wildman–Crippen MR) is 63.0 cm³/mol. The normalized spacial score (nSPS) is 17.4. The van der Waals surface area contributed by atoms with Gasteiger partial charge in [-0.15, -0.1) is 0 Å². The molecule has 4 nitrogen and oxygen atoms in total. The van der Waals surface area contributed by atoms with Crippen LogP contribution in [0.25, 0.3) is 0 Å². The van der Waals surface area contributed by atoms with Crippen molar-refractivity contribution in [2.24, 2.45) is 11.7 Å². The molecular formula is C12H17N3O. The minimum Gasteiger partial charge on any atom is -0.371 e. The van der Waals surface area contributed by atoms with Crippen molar-refractivity contribution >= 4 is 11.6 Å². The molecule has 2 rings (SSSR count). The number of aromatic nitrogens is 1. The lowest BCUT2D eigenvalue weighted by Gasteiger charge is -2.33. The lowest BCUT2D eigenvalue weighted by Crippen LogP contribution is -2.35. The molecule has 4 heteroatoms. The van der Waals surface area contributed by atoms with Gasteiger partial charge in [0.05, 0.1) is 0 Å². The van der Waals surface area contributed by atoms with E-state index >= 15 is 0 Å². The monoisotopic (exact) mass is 219 g/mol. The summed E-state index contributed by atoms with van der Waals surface area (Å²) < 4.78 is 0. The Kier molecular flexibility index (Phi) is 3.39. The second kappa shape index (κ2) is 4.96. The van der Waals surface area contributed by atoms with E-state index in [1.165, 1.54) is 5.69 Å². The first-order valence-electron chi connectivity index (χ1n) is 5.69. The number of carbonyl (C=O) groups excluding carboxylic acids is 1. The molecule has 0 atom stereocenters. The predicted octanol–water partition coefficient (Wildman–Crippen LogP) is 1.17. The van der Waals surface area contributed by atoms with Gasteiger partial charge in [0.2, 0.25) is 5.91 Å². The molecule has 2 heterocycles. The highest BCUT2D eigenvalue weighted by atomic mass is 16.1. The van der Waals surface area contributed by atoms with Gasteiger partial charge in [0, 0.05) is 37.6 Å². The number of carbonyl (C=O) groups is 1. The summed E-state index contributed by atoms with van der Waals surface area (Å²) in [6, 6.07) is 4.04. The number of hydrogen-bond donors (Lipinski definition) is 1. The van der Waals surface area contributed by atoms with Gasteiger partial charge in [-0.2, -0.15) is 0 Å². The van der Waals surface area contributed by atoms with E-state index in [-0.39, 0.29) is 5.91 Å². The Morgan fingerprint density at radius 3 is 2.56 bits per heavy atom. The van der Waals surface area contributed by atoms with Crippen molar-refractivity contribution in [3.63, 3.8) is 0 Å². The molecule has 1 saturated heterocycles. The summed E-state index contributed by atoms with van der Waals surface area (Å²) in [6.07, 6.45) is 6.25. The van der Waals surface area contributed by atoms with Crippen molar-refractivity contribution in [1.29, 1.82) is 0 Å². The molecule has 2 N–H and O–H groups in total. The minimum absolute atomic E-state index is 0.178. The number of primary amides is 1. The van der Waals surface area contributed by atoms with E-state index < -0.39 is 0 Å². The molecule has 16 heavy (non-hydrogen) atoms. The molecule has 0 radical (unpaired) electrons. The molecular weight excluding hydrogens is 202 g/mol. The third-order valence-electron chi connectivity index (χ3n) is 3.13. The largest absolute Gasteiger partial charge is 0.371 e. The number of piperidine rings is 1. The Morgan fingerprint density at radius 2 is 2.00 bits per heavy atom. The van der Waals surface area contributed by atoms with Gasteiger partial charge < -0.3 is 10.6 Å². The maximum absolute atomic E-state index is 10.8. The van der Waals surface area contributed by atoms with Gasteiger partial charge >= 0.3 is 0 Å². The van der Waals surface area contributed by atoms with Crippen LogP contribution in [0.2, 0.25) is 0 Å². The van der Waals surface area contributed by atoms with Gasteiger partial charge in [-0.05, 0) is 30.9 Å². The summed E-state index contributed by atoms with van der Waals surface area (Å²) >= 11 is 0. The van der Waals surface area contributed by atoms with Crippen LogP contribution >= 0.6 is 0 Å². The molecule has 1 aliphatic heterocycles. The summed E-state index contributed by atoms with van der Waals surface area (Å²) in [4.78, 5) is 17.2. The topological polar surface area (TPSA) is 59.2 Å². The zero-order chi connectivity index (χ0) is 11.4. The Labute approximate surface area is 95.5 Å². The molecule has 1 aliphatic rings. The Balaban J connectivity index is 1.88. The van der Waals surface area contributed by atoms with E-state index in [0.29, 0.717) is 12.3 Å². The summed E-state index contributed by atoms with van der Waals surface area (Å²) in [5.41, 5.74) is 6.42. The smallest absolute Gasteiger partial charge is 0.217 e. The van der Waals surface area contributed by atoms with Crippen LogP contribution in [-0.2, 0) is 4.79 Å². The summed E-state index contributed by atoms with van der Waals surface area (Å²) in [7, 11) is 0. The van der Waals surface area contributed by atoms with Crippen molar-refractivity contribution < 1.29 is 4.79 Å². The van der Waals surface area contributed by atoms with Crippen LogP contribution in [0.4, 0.5) is 5.69 Å². The fraction of sp³-hybridized carbons (Fsp3) is 0.500. The first kappa shape index (κ1) is 10.9. The molecule has 0 aromatic carbocycles. The van der Waals surface area contributed by atoms with Crippen molar-refractivity contribution in [1.82, 2.24) is 4.98 Å². The van der Waals surface area contributed by atoms with Crippen molar-refractivity contribution in [2.75, 3.05) is 18.0 Å². The first-order chi connectivity index (χ1) is 7.75. The second-order valence-corrected chi connectivity index (χ2v) is 4.31. The SMILES string of the molecule is NC(=O)CC1CCN(c2ccncc2)CC1. The summed E-state index contributed by atoms with van der Waals surface area (Å²) in [5, 5.41) is 0. The van der Waals surface area contributed by atoms with Crippen LogP contribution in [0.15, 0.2) is 24.5 Å². The number of amides is 1. The van der Waals surface area contributed by atoms with Crippen molar-refractivity contribution in [2.45, 2.75) is 19.3 Å². The fourth-order valence-corrected chi connectivity index (χ4v) is 2.23. The lowest BCUT2D eigenvalue weighted by molar-refractivity contribution is -0.119. The van der Waals surface area contributed by atoms with Crippen LogP contribution in [0, 0.1) is 5.92 Å². The van der Waals surface area contributed by atoms with E-state index in [4.69, 9.17) is 5.73 Å². The minimum atomic E-state index is -0.178. The number of rotatable bonds is 3. The standard InChI is InChI=1S/C12H17N3O/c13-12(16)9-10-3-7-15(8-4-10)11-1-5-14-6-2-11/h1-2,5-6,10H,3-4,7-9H2,(H2,13,16). The van der Waals surface area contributed by atoms with Gasteiger partial charge in [-0.25, -0.2) is 0 Å². The second-order valence-electron chi connectivity index (χ2n) is 4.31. The molecule has 1 amide bonds. The van der Waals surface area contributed by atoms with E-state index in [0.717, 1.165) is 25.9 Å². The highest BCUT2D eigenvalue weighted by Crippen LogP contribution is 2.24. The summed E-state index contributed by atoms with van der Waals surface area (Å²) in [5.74, 6) is 0.290. The van der Waals surface area contributed by atoms with E-state index in [9.17, 15) is 4.79 Å². The number of anilines is 1. The van der Waals surface area contributed by atoms with Gasteiger partial charge in [-0.1, -0.05) is 0 Å². The van der Waals surface area contributed by atoms with Crippen LogP contribution in [0.1, 0.15) is 19.3 Å². The van der Waals surface area contributed by atoms with Crippen molar-refractivity contribution in [3.8, 4) is 0 Å². The van der Waals surface area contributed by atoms with Crippen LogP contribution in [-0.4, -0.2) is 24.0 Å². The van der Waals surface area contributed by atoms with Gasteiger partial charge in [0.1, 0.15) is 0 Å². The van der Waals surface area contributed by atoms with Crippen LogP contribution < -0.4 is 10.6 Å². The lowest BCUT2D eigenvalue weighted by atomic mass is 9.93. The number of nitrogens with zero attached hydrogens (tertiary/aromatic N) is 2. The fourth-order valence-electron chi connectivity index (χ4n) is 2.23. The number of nitrogens with two attached hydrogens (primary N) is 1. The number of hydrogen-bond acceptors (Lipinski definition) is 3. The van der Waals surface area contributed by atoms with E-state index in [1.807, 2.05) is 24.5 Å². The zero-order valence-electron chi connectivity index (χ0n) is 9.30. The molecule has 86 valence electrons. The Bertz CT molecular complexity index is 345. The van der Waals surface area contributed by atoms with Crippen LogP contribution in [0.3, 0.4) is 0 Å². The number of pyridine rings is 1. The average Bonchev–Trinajstić information content (AvgIpc) is 2.30. The molecule has 1 aromatic rings. The molecule has 0 bridgehead atoms. The quantitative estimate of drug-likeness (QED) is 0.830. The third kappa shape index (κ3) is 2.72. The van der Waals surface area contributed by atoms with Crippen molar-refractivity contribution in [3.05, 3.63) is 24.5 Å². The van der Waals surface area contributed by atoms with Gasteiger partial charge in [-0.3, -0.25) is 9.78 Å². The zero-order valence-corrected chi connectivity index (χ0v) is 9.30. The van der Waals surface area contributed by atoms with Gasteiger partial charge in [0.15, 0.2) is 0 Å². The van der Waals surface area contributed by atoms with Gasteiger partial charge in [0.25, 0.3) is 0 Å². The Hall–Kier alpha value is -1.58. The highest BCUT2D eigenvalue weighted by molar-refractivity contribution is 5.74. The maximum atomic E-state index is 10.8. The van der Waals surface area contributed by atoms with Crippen LogP contribution in [0.5, 0.6) is 0 Å². The third-order valence-corrected chi connectivity index (χ3v) is 3.13. The molecule has 1 aromatic heterocycles. The Morgan fingerprint density at radius 1 is 1.38 bits per heavy atom. The summed E-state index contributed by atoms with van der Waals surface area (Å²) in [6.45, 7) is 2.00. The molecule has 0 unspecified atom stereocenters. The molecule has 0 spiro atoms. The molecule has 0 saturated carbocycles. The first-order valence-corrected chi connectivity index (χ1v) is 5.69. The highest BCUT2D eigenvalue weighted by Gasteiger charge is 2.20. The maximum Gasteiger partial charge on any atom is 0.217 e. The molecule has 0 aliphatic carbocycles. The molecule has 1 fully saturated rings. The average molecular weight is 219 g/mol. The van der Waals surface area contributed by atoms with E-state index in [2.05, 4.69) is 9.88 Å². The van der Waals surface area contributed by atoms with E-state index in [1.54, 1.807) is 0 Å².